The highest BCUT2D eigenvalue weighted by atomic mass is 16.4. The summed E-state index contributed by atoms with van der Waals surface area (Å²) in [6.45, 7) is -0.548. The molecule has 7 N–H and O–H groups in total. The Kier molecular flexibility index (Phi) is 5.34. The fourth-order valence-electron chi connectivity index (χ4n) is 2.99. The maximum atomic E-state index is 12.4. The van der Waals surface area contributed by atoms with Crippen LogP contribution in [0.5, 0.6) is 5.75 Å². The maximum absolute atomic E-state index is 12.4. The fraction of sp³-hybridized carbons (Fsp3) is 0.312. The highest BCUT2D eigenvalue weighted by Gasteiger charge is 2.47. The molecule has 3 heterocycles. The van der Waals surface area contributed by atoms with Gasteiger partial charge in [-0.25, -0.2) is 14.8 Å². The second-order valence-corrected chi connectivity index (χ2v) is 6.40. The molecule has 3 rings (SSSR count). The van der Waals surface area contributed by atoms with E-state index in [2.05, 4.69) is 15.6 Å². The molecule has 13 nitrogen and oxygen atoms in total. The smallest absolute Gasteiger partial charge is 0.354 e. The van der Waals surface area contributed by atoms with Gasteiger partial charge in [0.1, 0.15) is 6.04 Å². The van der Waals surface area contributed by atoms with Crippen LogP contribution in [0, 0.1) is 0 Å². The number of amides is 3. The van der Waals surface area contributed by atoms with Crippen LogP contribution in [0.15, 0.2) is 28.3 Å². The zero-order valence-corrected chi connectivity index (χ0v) is 15.0. The number of fused-ring (bicyclic) bond motifs is 1. The monoisotopic (exact) mass is 406 g/mol. The number of aromatic nitrogens is 1. The molecule has 0 spiro atoms. The third kappa shape index (κ3) is 3.95. The van der Waals surface area contributed by atoms with Crippen LogP contribution in [-0.2, 0) is 25.7 Å². The van der Waals surface area contributed by atoms with Gasteiger partial charge in [0.2, 0.25) is 11.3 Å². The first-order chi connectivity index (χ1) is 13.7. The molecular weight excluding hydrogens is 388 g/mol. The predicted molar refractivity (Wildman–Crippen MR) is 94.6 cm³/mol. The molecule has 0 unspecified atom stereocenters. The van der Waals surface area contributed by atoms with Crippen molar-refractivity contribution in [3.63, 3.8) is 0 Å². The Labute approximate surface area is 162 Å². The molecule has 1 aromatic rings. The minimum atomic E-state index is -1.46. The lowest BCUT2D eigenvalue weighted by molar-refractivity contribution is -0.143. The van der Waals surface area contributed by atoms with E-state index in [1.54, 1.807) is 0 Å². The number of H-pyrrole nitrogens is 1. The van der Waals surface area contributed by atoms with E-state index in [0.717, 1.165) is 17.3 Å². The summed E-state index contributed by atoms with van der Waals surface area (Å²) < 4.78 is 0. The van der Waals surface area contributed by atoms with Crippen molar-refractivity contribution in [3.8, 4) is 5.75 Å². The fourth-order valence-corrected chi connectivity index (χ4v) is 2.99. The Bertz CT molecular complexity index is 984. The lowest BCUT2D eigenvalue weighted by Gasteiger charge is -2.19. The predicted octanol–water partition coefficient (Wildman–Crippen LogP) is -3.45. The summed E-state index contributed by atoms with van der Waals surface area (Å²) in [5.74, 6) is -3.93. The number of hydrogen-bond acceptors (Lipinski definition) is 8. The molecule has 13 heteroatoms. The minimum absolute atomic E-state index is 0.0543. The average Bonchev–Trinajstić information content (AvgIpc) is 3.17. The standard InChI is InChI=1S/C16H18N6O7/c17-9-6-21-5-8(13(16(28)29)22(21)15(9)27)14(26)20-4-12(25)19-2-7-1-10(23)11(24)3-18-7/h1,3,9,24H,2,4-6,17H2,(H,18,23)(H,19,25)(H,20,26)(H,28,29)/t9-/m0/s1. The number of nitrogens with zero attached hydrogens (tertiary/aromatic N) is 2. The van der Waals surface area contributed by atoms with Crippen molar-refractivity contribution < 1.29 is 29.4 Å². The number of aliphatic carboxylic acids is 1. The molecule has 0 saturated carbocycles. The lowest BCUT2D eigenvalue weighted by Crippen LogP contribution is -2.39. The Hall–Kier alpha value is -3.71. The van der Waals surface area contributed by atoms with Crippen LogP contribution in [0.3, 0.4) is 0 Å². The van der Waals surface area contributed by atoms with Crippen LogP contribution in [0.2, 0.25) is 0 Å². The summed E-state index contributed by atoms with van der Waals surface area (Å²) in [4.78, 5) is 61.8. The molecule has 2 aliphatic rings. The van der Waals surface area contributed by atoms with Crippen molar-refractivity contribution in [3.05, 3.63) is 39.5 Å². The minimum Gasteiger partial charge on any atom is -0.503 e. The van der Waals surface area contributed by atoms with Crippen molar-refractivity contribution in [2.45, 2.75) is 12.6 Å². The number of carboxylic acid groups (broad SMARTS) is 1. The number of hydrazine groups is 1. The van der Waals surface area contributed by atoms with Gasteiger partial charge in [-0.15, -0.1) is 0 Å². The Morgan fingerprint density at radius 3 is 2.66 bits per heavy atom. The normalized spacial score (nSPS) is 18.7. The van der Waals surface area contributed by atoms with Crippen molar-refractivity contribution in [2.75, 3.05) is 19.6 Å². The van der Waals surface area contributed by atoms with Crippen LogP contribution in [-0.4, -0.2) is 74.6 Å². The summed E-state index contributed by atoms with van der Waals surface area (Å²) >= 11 is 0. The lowest BCUT2D eigenvalue weighted by atomic mass is 10.1. The molecule has 0 aromatic carbocycles. The third-order valence-electron chi connectivity index (χ3n) is 4.37. The molecular formula is C16H18N6O7. The summed E-state index contributed by atoms with van der Waals surface area (Å²) in [7, 11) is 0. The van der Waals surface area contributed by atoms with Crippen LogP contribution >= 0.6 is 0 Å². The van der Waals surface area contributed by atoms with Crippen molar-refractivity contribution in [2.24, 2.45) is 5.73 Å². The number of nitrogens with one attached hydrogen (secondary N) is 3. The Morgan fingerprint density at radius 2 is 2.00 bits per heavy atom. The largest absolute Gasteiger partial charge is 0.503 e. The second-order valence-electron chi connectivity index (χ2n) is 6.40. The van der Waals surface area contributed by atoms with Gasteiger partial charge in [0.25, 0.3) is 11.8 Å². The SMILES string of the molecule is N[C@H]1CN2CC(C(=O)NCC(=O)NCc3cc(=O)c(O)c[nH]3)=C(C(=O)O)N2C1=O. The topological polar surface area (TPSA) is 198 Å². The van der Waals surface area contributed by atoms with Gasteiger partial charge in [0.15, 0.2) is 11.4 Å². The summed E-state index contributed by atoms with van der Waals surface area (Å²) in [5, 5.41) is 25.5. The first-order valence-electron chi connectivity index (χ1n) is 8.45. The number of hydrogen-bond donors (Lipinski definition) is 6. The highest BCUT2D eigenvalue weighted by Crippen LogP contribution is 2.28. The number of nitrogens with two attached hydrogens (primary N) is 1. The maximum Gasteiger partial charge on any atom is 0.354 e. The first-order valence-corrected chi connectivity index (χ1v) is 8.45. The van der Waals surface area contributed by atoms with Crippen LogP contribution in [0.1, 0.15) is 5.69 Å². The quantitative estimate of drug-likeness (QED) is 0.278. The number of aromatic hydroxyl groups is 1. The molecule has 3 amide bonds. The van der Waals surface area contributed by atoms with Crippen LogP contribution < -0.4 is 21.8 Å². The Morgan fingerprint density at radius 1 is 1.28 bits per heavy atom. The molecule has 2 aliphatic heterocycles. The molecule has 1 atom stereocenters. The molecule has 1 fully saturated rings. The summed E-state index contributed by atoms with van der Waals surface area (Å²) in [6.07, 6.45) is 1.08. The van der Waals surface area contributed by atoms with Crippen molar-refractivity contribution >= 4 is 23.7 Å². The van der Waals surface area contributed by atoms with E-state index in [-0.39, 0.29) is 25.2 Å². The molecule has 0 radical (unpaired) electrons. The van der Waals surface area contributed by atoms with Gasteiger partial charge < -0.3 is 31.6 Å². The van der Waals surface area contributed by atoms with E-state index in [1.165, 1.54) is 5.01 Å². The van der Waals surface area contributed by atoms with Crippen molar-refractivity contribution in [1.29, 1.82) is 0 Å². The number of rotatable bonds is 6. The molecule has 1 aromatic heterocycles. The number of pyridine rings is 1. The van der Waals surface area contributed by atoms with Gasteiger partial charge in [-0.3, -0.25) is 19.2 Å². The van der Waals surface area contributed by atoms with Crippen LogP contribution in [0.4, 0.5) is 0 Å². The summed E-state index contributed by atoms with van der Waals surface area (Å²) in [5.41, 5.74) is 4.69. The number of carboxylic acids is 1. The van der Waals surface area contributed by atoms with E-state index in [1.807, 2.05) is 0 Å². The number of aromatic amines is 1. The molecule has 29 heavy (non-hydrogen) atoms. The van der Waals surface area contributed by atoms with Gasteiger partial charge in [-0.2, -0.15) is 0 Å². The van der Waals surface area contributed by atoms with Gasteiger partial charge in [-0.1, -0.05) is 0 Å². The van der Waals surface area contributed by atoms with Gasteiger partial charge in [0.05, 0.1) is 25.2 Å². The first kappa shape index (κ1) is 20.0. The Balaban J connectivity index is 1.59. The van der Waals surface area contributed by atoms with E-state index in [4.69, 9.17) is 10.8 Å². The van der Waals surface area contributed by atoms with Gasteiger partial charge in [0, 0.05) is 24.5 Å². The summed E-state index contributed by atoms with van der Waals surface area (Å²) in [6, 6.07) is 0.242. The second kappa shape index (κ2) is 7.73. The molecule has 0 bridgehead atoms. The third-order valence-corrected chi connectivity index (χ3v) is 4.37. The zero-order chi connectivity index (χ0) is 21.3. The molecule has 154 valence electrons. The highest BCUT2D eigenvalue weighted by molar-refractivity contribution is 6.07. The van der Waals surface area contributed by atoms with E-state index >= 15 is 0 Å². The molecule has 0 aliphatic carbocycles. The van der Waals surface area contributed by atoms with Gasteiger partial charge >= 0.3 is 5.97 Å². The molecule has 1 saturated heterocycles. The van der Waals surface area contributed by atoms with E-state index < -0.39 is 53.2 Å². The van der Waals surface area contributed by atoms with Crippen molar-refractivity contribution in [1.82, 2.24) is 25.6 Å². The number of carbonyl (C=O) groups excluding carboxylic acids is 3. The van der Waals surface area contributed by atoms with E-state index in [0.29, 0.717) is 5.69 Å². The zero-order valence-electron chi connectivity index (χ0n) is 15.0. The van der Waals surface area contributed by atoms with E-state index in [9.17, 15) is 29.1 Å². The van der Waals surface area contributed by atoms with Gasteiger partial charge in [-0.05, 0) is 0 Å². The average molecular weight is 406 g/mol. The van der Waals surface area contributed by atoms with Crippen LogP contribution in [0.25, 0.3) is 0 Å². The number of carbonyl (C=O) groups is 4.